The minimum Gasteiger partial charge on any atom is -0.366 e. The van der Waals surface area contributed by atoms with Gasteiger partial charge in [-0.25, -0.2) is 0 Å². The van der Waals surface area contributed by atoms with E-state index in [4.69, 9.17) is 5.73 Å². The molecule has 3 N–H and O–H groups in total. The number of nitrogens with one attached hydrogen (secondary N) is 1. The maximum Gasteiger partial charge on any atom is 0.248 e. The molecule has 0 spiro atoms. The van der Waals surface area contributed by atoms with Crippen LogP contribution in [0.2, 0.25) is 0 Å². The average molecular weight is 312 g/mol. The highest BCUT2D eigenvalue weighted by Gasteiger charge is 2.54. The highest BCUT2D eigenvalue weighted by molar-refractivity contribution is 5.92. The zero-order valence-electron chi connectivity index (χ0n) is 13.4. The predicted octanol–water partition coefficient (Wildman–Crippen LogP) is 2.62. The maximum atomic E-state index is 12.9. The number of carbonyl (C=O) groups excluding carboxylic acids is 2. The van der Waals surface area contributed by atoms with Gasteiger partial charge in [0.15, 0.2) is 0 Å². The first-order valence-corrected chi connectivity index (χ1v) is 8.71. The van der Waals surface area contributed by atoms with Gasteiger partial charge in [0.05, 0.1) is 0 Å². The van der Waals surface area contributed by atoms with Crippen molar-refractivity contribution < 1.29 is 9.59 Å². The lowest BCUT2D eigenvalue weighted by Gasteiger charge is -2.55. The molecule has 0 saturated heterocycles. The molecule has 23 heavy (non-hydrogen) atoms. The smallest absolute Gasteiger partial charge is 0.248 e. The van der Waals surface area contributed by atoms with Crippen LogP contribution in [0.3, 0.4) is 0 Å². The molecule has 0 atom stereocenters. The van der Waals surface area contributed by atoms with Crippen LogP contribution in [-0.4, -0.2) is 11.8 Å². The van der Waals surface area contributed by atoms with Crippen LogP contribution in [0.4, 0.5) is 0 Å². The van der Waals surface area contributed by atoms with Crippen LogP contribution in [-0.2, 0) is 11.3 Å². The molecule has 2 amide bonds. The summed E-state index contributed by atoms with van der Waals surface area (Å²) in [6.45, 7) is 0.474. The topological polar surface area (TPSA) is 72.2 Å². The molecule has 4 fully saturated rings. The fraction of sp³-hybridized carbons (Fsp3) is 0.579. The molecule has 0 radical (unpaired) electrons. The maximum absolute atomic E-state index is 12.9. The number of hydrogen-bond donors (Lipinski definition) is 2. The van der Waals surface area contributed by atoms with Crippen molar-refractivity contribution in [3.8, 4) is 0 Å². The molecule has 5 rings (SSSR count). The quantitative estimate of drug-likeness (QED) is 0.897. The third-order valence-electron chi connectivity index (χ3n) is 6.18. The van der Waals surface area contributed by atoms with Gasteiger partial charge in [-0.3, -0.25) is 9.59 Å². The second-order valence-corrected chi connectivity index (χ2v) is 7.95. The van der Waals surface area contributed by atoms with E-state index >= 15 is 0 Å². The summed E-state index contributed by atoms with van der Waals surface area (Å²) in [6.07, 6.45) is 7.25. The highest BCUT2D eigenvalue weighted by Crippen LogP contribution is 2.60. The Morgan fingerprint density at radius 1 is 1.09 bits per heavy atom. The van der Waals surface area contributed by atoms with Gasteiger partial charge in [0.1, 0.15) is 0 Å². The summed E-state index contributed by atoms with van der Waals surface area (Å²) in [5.74, 6) is 2.10. The number of nitrogens with two attached hydrogens (primary N) is 1. The fourth-order valence-corrected chi connectivity index (χ4v) is 5.59. The SMILES string of the molecule is NC(=O)c1cccc(CNC(=O)C23CC4CC(CC(C4)C2)C3)c1. The van der Waals surface area contributed by atoms with Crippen molar-refractivity contribution in [3.63, 3.8) is 0 Å². The summed E-state index contributed by atoms with van der Waals surface area (Å²) in [6, 6.07) is 7.20. The Hall–Kier alpha value is -1.84. The highest BCUT2D eigenvalue weighted by atomic mass is 16.2. The Kier molecular flexibility index (Phi) is 3.43. The number of primary amides is 1. The molecule has 0 aromatic heterocycles. The molecule has 1 aromatic rings. The number of benzene rings is 1. The summed E-state index contributed by atoms with van der Waals surface area (Å²) in [5, 5.41) is 3.13. The first-order valence-electron chi connectivity index (χ1n) is 8.71. The van der Waals surface area contributed by atoms with Crippen LogP contribution < -0.4 is 11.1 Å². The Bertz CT molecular complexity index is 617. The molecule has 0 aliphatic heterocycles. The lowest BCUT2D eigenvalue weighted by atomic mass is 9.49. The molecule has 4 saturated carbocycles. The van der Waals surface area contributed by atoms with E-state index in [1.807, 2.05) is 12.1 Å². The van der Waals surface area contributed by atoms with Crippen molar-refractivity contribution in [1.29, 1.82) is 0 Å². The zero-order valence-corrected chi connectivity index (χ0v) is 13.4. The molecule has 0 heterocycles. The molecule has 4 bridgehead atoms. The minimum atomic E-state index is -0.431. The van der Waals surface area contributed by atoms with Crippen LogP contribution in [0, 0.1) is 23.2 Å². The van der Waals surface area contributed by atoms with Gasteiger partial charge in [0.2, 0.25) is 11.8 Å². The average Bonchev–Trinajstić information content (AvgIpc) is 2.51. The van der Waals surface area contributed by atoms with Crippen molar-refractivity contribution >= 4 is 11.8 Å². The monoisotopic (exact) mass is 312 g/mol. The van der Waals surface area contributed by atoms with Gasteiger partial charge in [-0.05, 0) is 74.0 Å². The second kappa shape index (κ2) is 5.36. The second-order valence-electron chi connectivity index (χ2n) is 7.95. The van der Waals surface area contributed by atoms with Crippen LogP contribution in [0.5, 0.6) is 0 Å². The van der Waals surface area contributed by atoms with Crippen LogP contribution in [0.1, 0.15) is 54.4 Å². The van der Waals surface area contributed by atoms with Crippen LogP contribution in [0.15, 0.2) is 24.3 Å². The molecular weight excluding hydrogens is 288 g/mol. The normalized spacial score (nSPS) is 34.3. The molecule has 1 aromatic carbocycles. The summed E-state index contributed by atoms with van der Waals surface area (Å²) < 4.78 is 0. The third-order valence-corrected chi connectivity index (χ3v) is 6.18. The lowest BCUT2D eigenvalue weighted by molar-refractivity contribution is -0.146. The van der Waals surface area contributed by atoms with Gasteiger partial charge in [0.25, 0.3) is 0 Å². The minimum absolute atomic E-state index is 0.115. The van der Waals surface area contributed by atoms with E-state index in [0.717, 1.165) is 42.6 Å². The largest absolute Gasteiger partial charge is 0.366 e. The standard InChI is InChI=1S/C19H24N2O2/c20-17(22)16-3-1-2-12(7-16)11-21-18(23)19-8-13-4-14(9-19)6-15(5-13)10-19/h1-3,7,13-15H,4-6,8-11H2,(H2,20,22)(H,21,23). The van der Waals surface area contributed by atoms with Crippen molar-refractivity contribution in [2.45, 2.75) is 45.1 Å². The Morgan fingerprint density at radius 3 is 2.26 bits per heavy atom. The van der Waals surface area contributed by atoms with E-state index < -0.39 is 5.91 Å². The van der Waals surface area contributed by atoms with Crippen molar-refractivity contribution in [2.24, 2.45) is 28.9 Å². The van der Waals surface area contributed by atoms with Gasteiger partial charge in [-0.1, -0.05) is 12.1 Å². The Morgan fingerprint density at radius 2 is 1.70 bits per heavy atom. The van der Waals surface area contributed by atoms with E-state index in [-0.39, 0.29) is 11.3 Å². The molecular formula is C19H24N2O2. The summed E-state index contributed by atoms with van der Waals surface area (Å²) in [5.41, 5.74) is 6.62. The number of carbonyl (C=O) groups is 2. The van der Waals surface area contributed by atoms with E-state index in [2.05, 4.69) is 5.32 Å². The van der Waals surface area contributed by atoms with E-state index in [1.165, 1.54) is 19.3 Å². The number of amides is 2. The number of hydrogen-bond acceptors (Lipinski definition) is 2. The third kappa shape index (κ3) is 2.64. The van der Waals surface area contributed by atoms with E-state index in [1.54, 1.807) is 12.1 Å². The fourth-order valence-electron chi connectivity index (χ4n) is 5.59. The first kappa shape index (κ1) is 14.7. The molecule has 4 aliphatic rings. The van der Waals surface area contributed by atoms with Gasteiger partial charge in [-0.15, -0.1) is 0 Å². The Labute approximate surface area is 136 Å². The predicted molar refractivity (Wildman–Crippen MR) is 87.4 cm³/mol. The molecule has 4 nitrogen and oxygen atoms in total. The van der Waals surface area contributed by atoms with Gasteiger partial charge < -0.3 is 11.1 Å². The first-order chi connectivity index (χ1) is 11.0. The molecule has 0 unspecified atom stereocenters. The molecule has 122 valence electrons. The summed E-state index contributed by atoms with van der Waals surface area (Å²) >= 11 is 0. The number of rotatable bonds is 4. The van der Waals surface area contributed by atoms with Gasteiger partial charge >= 0.3 is 0 Å². The van der Waals surface area contributed by atoms with Gasteiger partial charge in [0, 0.05) is 17.5 Å². The van der Waals surface area contributed by atoms with E-state index in [0.29, 0.717) is 12.1 Å². The molecule has 4 aliphatic carbocycles. The zero-order chi connectivity index (χ0) is 16.0. The Balaban J connectivity index is 1.44. The summed E-state index contributed by atoms with van der Waals surface area (Å²) in [7, 11) is 0. The van der Waals surface area contributed by atoms with Crippen molar-refractivity contribution in [3.05, 3.63) is 35.4 Å². The molecule has 4 heteroatoms. The van der Waals surface area contributed by atoms with Gasteiger partial charge in [-0.2, -0.15) is 0 Å². The van der Waals surface area contributed by atoms with E-state index in [9.17, 15) is 9.59 Å². The van der Waals surface area contributed by atoms with Crippen molar-refractivity contribution in [2.75, 3.05) is 0 Å². The van der Waals surface area contributed by atoms with Crippen LogP contribution >= 0.6 is 0 Å². The van der Waals surface area contributed by atoms with Crippen LogP contribution in [0.25, 0.3) is 0 Å². The summed E-state index contributed by atoms with van der Waals surface area (Å²) in [4.78, 5) is 24.1. The lowest BCUT2D eigenvalue weighted by Crippen LogP contribution is -2.53. The van der Waals surface area contributed by atoms with Crippen molar-refractivity contribution in [1.82, 2.24) is 5.32 Å².